The summed E-state index contributed by atoms with van der Waals surface area (Å²) in [6.45, 7) is 2.21. The van der Waals surface area contributed by atoms with E-state index in [0.717, 1.165) is 5.56 Å². The number of nitrogens with zero attached hydrogens (tertiary/aromatic N) is 2. The van der Waals surface area contributed by atoms with E-state index in [1.54, 1.807) is 30.0 Å². The second-order valence-electron chi connectivity index (χ2n) is 7.56. The number of piperidine rings is 1. The third-order valence-electron chi connectivity index (χ3n) is 5.69. The Hall–Kier alpha value is -2.49. The minimum Gasteiger partial charge on any atom is -0.497 e. The summed E-state index contributed by atoms with van der Waals surface area (Å²) in [4.78, 5) is 16.8. The molecule has 30 heavy (non-hydrogen) atoms. The number of carbonyl (C=O) groups is 1. The van der Waals surface area contributed by atoms with Gasteiger partial charge >= 0.3 is 0 Å². The third-order valence-corrected chi connectivity index (χ3v) is 7.58. The Labute approximate surface area is 176 Å². The molecule has 0 bridgehead atoms. The molecule has 2 N–H and O–H groups in total. The molecule has 1 saturated heterocycles. The van der Waals surface area contributed by atoms with Gasteiger partial charge in [0.05, 0.1) is 12.0 Å². The van der Waals surface area contributed by atoms with Gasteiger partial charge in [-0.05, 0) is 67.0 Å². The van der Waals surface area contributed by atoms with Gasteiger partial charge in [-0.25, -0.2) is 13.9 Å². The van der Waals surface area contributed by atoms with Crippen molar-refractivity contribution >= 4 is 15.9 Å². The zero-order valence-electron chi connectivity index (χ0n) is 17.1. The summed E-state index contributed by atoms with van der Waals surface area (Å²) in [7, 11) is -2.43. The summed E-state index contributed by atoms with van der Waals surface area (Å²) in [6.07, 6.45) is 5.44. The van der Waals surface area contributed by atoms with Crippen molar-refractivity contribution in [1.82, 2.24) is 14.8 Å². The lowest BCUT2D eigenvalue weighted by Gasteiger charge is -2.41. The van der Waals surface area contributed by atoms with Gasteiger partial charge in [0.2, 0.25) is 10.0 Å². The van der Waals surface area contributed by atoms with Crippen LogP contribution in [0.5, 0.6) is 5.75 Å². The van der Waals surface area contributed by atoms with Gasteiger partial charge in [-0.2, -0.15) is 4.31 Å². The van der Waals surface area contributed by atoms with Gasteiger partial charge in [-0.3, -0.25) is 15.0 Å². The number of hydroxylamine groups is 1. The van der Waals surface area contributed by atoms with Crippen molar-refractivity contribution in [3.63, 3.8) is 0 Å². The molecule has 0 saturated carbocycles. The van der Waals surface area contributed by atoms with Crippen molar-refractivity contribution in [2.24, 2.45) is 11.8 Å². The predicted octanol–water partition coefficient (Wildman–Crippen LogP) is 2.24. The molecule has 1 aliphatic heterocycles. The Kier molecular flexibility index (Phi) is 7.06. The van der Waals surface area contributed by atoms with Crippen LogP contribution in [-0.4, -0.2) is 48.5 Å². The van der Waals surface area contributed by atoms with Crippen LogP contribution < -0.4 is 10.2 Å². The topological polar surface area (TPSA) is 109 Å². The van der Waals surface area contributed by atoms with Gasteiger partial charge in [0.25, 0.3) is 5.91 Å². The molecule has 1 fully saturated rings. The molecule has 1 unspecified atom stereocenters. The number of sulfonamides is 1. The highest BCUT2D eigenvalue weighted by Crippen LogP contribution is 2.35. The molecule has 3 atom stereocenters. The molecule has 8 nitrogen and oxygen atoms in total. The molecule has 9 heteroatoms. The molecule has 162 valence electrons. The highest BCUT2D eigenvalue weighted by Gasteiger charge is 2.45. The van der Waals surface area contributed by atoms with Crippen LogP contribution in [0.15, 0.2) is 53.7 Å². The van der Waals surface area contributed by atoms with E-state index >= 15 is 0 Å². The molecular formula is C21H27N3O5S. The number of ether oxygens (including phenoxy) is 1. The normalized spacial score (nSPS) is 21.0. The van der Waals surface area contributed by atoms with Crippen LogP contribution in [-0.2, 0) is 21.2 Å². The van der Waals surface area contributed by atoms with E-state index in [4.69, 9.17) is 4.74 Å². The van der Waals surface area contributed by atoms with E-state index in [-0.39, 0.29) is 23.3 Å². The maximum absolute atomic E-state index is 13.4. The van der Waals surface area contributed by atoms with Gasteiger partial charge in [-0.1, -0.05) is 13.0 Å². The number of benzene rings is 1. The van der Waals surface area contributed by atoms with Crippen LogP contribution in [0, 0.1) is 11.8 Å². The van der Waals surface area contributed by atoms with E-state index in [1.165, 1.54) is 23.5 Å². The number of methoxy groups -OCH3 is 1. The molecule has 1 aromatic heterocycles. The number of pyridine rings is 1. The predicted molar refractivity (Wildman–Crippen MR) is 110 cm³/mol. The van der Waals surface area contributed by atoms with Crippen molar-refractivity contribution in [1.29, 1.82) is 0 Å². The summed E-state index contributed by atoms with van der Waals surface area (Å²) in [5.74, 6) is -0.417. The second-order valence-corrected chi connectivity index (χ2v) is 9.45. The lowest BCUT2D eigenvalue weighted by molar-refractivity contribution is -0.136. The fourth-order valence-corrected chi connectivity index (χ4v) is 5.85. The number of amides is 1. The maximum Gasteiger partial charge on any atom is 0.262 e. The van der Waals surface area contributed by atoms with E-state index in [0.29, 0.717) is 25.0 Å². The second kappa shape index (κ2) is 9.55. The number of carbonyl (C=O) groups excluding carboxylic acids is 1. The molecule has 1 aromatic carbocycles. The first-order valence-electron chi connectivity index (χ1n) is 9.87. The van der Waals surface area contributed by atoms with Gasteiger partial charge in [-0.15, -0.1) is 0 Å². The van der Waals surface area contributed by atoms with E-state index in [1.807, 2.05) is 19.1 Å². The number of aromatic nitrogens is 1. The van der Waals surface area contributed by atoms with Crippen LogP contribution in [0.4, 0.5) is 0 Å². The first-order valence-corrected chi connectivity index (χ1v) is 11.3. The standard InChI is InChI=1S/C21H27N3O5S/c1-15(13-16-5-3-11-22-14-16)19-6-4-12-24(20(19)21(25)23-26)30(27,28)18-9-7-17(29-2)8-10-18/h3,5,7-11,14-15,19-20,26H,4,6,12-13H2,1-2H3,(H,23,25)/t15?,19-,20+/m1/s1. The number of hydrogen-bond donors (Lipinski definition) is 2. The Morgan fingerprint density at radius 3 is 2.67 bits per heavy atom. The summed E-state index contributed by atoms with van der Waals surface area (Å²) >= 11 is 0. The molecular weight excluding hydrogens is 406 g/mol. The van der Waals surface area contributed by atoms with E-state index in [9.17, 15) is 18.4 Å². The number of hydrogen-bond acceptors (Lipinski definition) is 6. The van der Waals surface area contributed by atoms with Crippen molar-refractivity contribution in [3.05, 3.63) is 54.4 Å². The number of rotatable bonds is 7. The number of nitrogens with one attached hydrogen (secondary N) is 1. The Morgan fingerprint density at radius 1 is 1.33 bits per heavy atom. The smallest absolute Gasteiger partial charge is 0.262 e. The highest BCUT2D eigenvalue weighted by atomic mass is 32.2. The maximum atomic E-state index is 13.4. The third kappa shape index (κ3) is 4.63. The van der Waals surface area contributed by atoms with Crippen molar-refractivity contribution < 1.29 is 23.2 Å². The average Bonchev–Trinajstić information content (AvgIpc) is 2.78. The van der Waals surface area contributed by atoms with Crippen LogP contribution >= 0.6 is 0 Å². The largest absolute Gasteiger partial charge is 0.497 e. The average molecular weight is 434 g/mol. The molecule has 1 amide bonds. The monoisotopic (exact) mass is 433 g/mol. The molecule has 2 aromatic rings. The molecule has 0 spiro atoms. The SMILES string of the molecule is COc1ccc(S(=O)(=O)N2CCC[C@H](C(C)Cc3cccnc3)[C@H]2C(=O)NO)cc1. The molecule has 0 radical (unpaired) electrons. The molecule has 2 heterocycles. The summed E-state index contributed by atoms with van der Waals surface area (Å²) in [5.41, 5.74) is 2.69. The van der Waals surface area contributed by atoms with Crippen LogP contribution in [0.3, 0.4) is 0 Å². The zero-order valence-corrected chi connectivity index (χ0v) is 17.9. The Bertz CT molecular complexity index is 950. The fourth-order valence-electron chi connectivity index (χ4n) is 4.18. The summed E-state index contributed by atoms with van der Waals surface area (Å²) in [5, 5.41) is 9.35. The van der Waals surface area contributed by atoms with E-state index < -0.39 is 22.0 Å². The van der Waals surface area contributed by atoms with Gasteiger partial charge in [0.15, 0.2) is 0 Å². The fraction of sp³-hybridized carbons (Fsp3) is 0.429. The lowest BCUT2D eigenvalue weighted by Crippen LogP contribution is -2.56. The lowest BCUT2D eigenvalue weighted by atomic mass is 9.78. The highest BCUT2D eigenvalue weighted by molar-refractivity contribution is 7.89. The van der Waals surface area contributed by atoms with Gasteiger partial charge in [0, 0.05) is 18.9 Å². The van der Waals surface area contributed by atoms with Gasteiger partial charge < -0.3 is 4.74 Å². The minimum absolute atomic E-state index is 0.00497. The first kappa shape index (κ1) is 22.2. The Balaban J connectivity index is 1.91. The quantitative estimate of drug-likeness (QED) is 0.512. The first-order chi connectivity index (χ1) is 14.4. The molecule has 0 aliphatic carbocycles. The van der Waals surface area contributed by atoms with Crippen molar-refractivity contribution in [2.75, 3.05) is 13.7 Å². The Morgan fingerprint density at radius 2 is 2.07 bits per heavy atom. The van der Waals surface area contributed by atoms with Gasteiger partial charge in [0.1, 0.15) is 11.8 Å². The van der Waals surface area contributed by atoms with Crippen molar-refractivity contribution in [3.8, 4) is 5.75 Å². The summed E-state index contributed by atoms with van der Waals surface area (Å²) < 4.78 is 33.0. The zero-order chi connectivity index (χ0) is 21.7. The summed E-state index contributed by atoms with van der Waals surface area (Å²) in [6, 6.07) is 8.87. The van der Waals surface area contributed by atoms with Crippen molar-refractivity contribution in [2.45, 2.75) is 37.1 Å². The van der Waals surface area contributed by atoms with Crippen LogP contribution in [0.2, 0.25) is 0 Å². The van der Waals surface area contributed by atoms with Crippen LogP contribution in [0.1, 0.15) is 25.3 Å². The molecule has 1 aliphatic rings. The van der Waals surface area contributed by atoms with Crippen LogP contribution in [0.25, 0.3) is 0 Å². The molecule has 3 rings (SSSR count). The van der Waals surface area contributed by atoms with E-state index in [2.05, 4.69) is 4.98 Å². The minimum atomic E-state index is -3.94.